The van der Waals surface area contributed by atoms with Crippen LogP contribution in [0.25, 0.3) is 5.76 Å². The Morgan fingerprint density at radius 3 is 1.89 bits per heavy atom. The van der Waals surface area contributed by atoms with Gasteiger partial charge in [-0.15, -0.1) is 0 Å². The molecular formula is C23H19NO3. The van der Waals surface area contributed by atoms with Gasteiger partial charge in [-0.2, -0.15) is 0 Å². The van der Waals surface area contributed by atoms with Crippen molar-refractivity contribution < 1.29 is 14.7 Å². The molecule has 0 saturated carbocycles. The predicted molar refractivity (Wildman–Crippen MR) is 107 cm³/mol. The Bertz CT molecular complexity index is 992. The quantitative estimate of drug-likeness (QED) is 0.390. The van der Waals surface area contributed by atoms with Crippen LogP contribution in [0, 0.1) is 0 Å². The van der Waals surface area contributed by atoms with Gasteiger partial charge in [0.25, 0.3) is 5.91 Å². The lowest BCUT2D eigenvalue weighted by molar-refractivity contribution is -0.112. The van der Waals surface area contributed by atoms with Crippen molar-refractivity contribution in [2.75, 3.05) is 5.32 Å². The van der Waals surface area contributed by atoms with Crippen LogP contribution in [0.1, 0.15) is 28.4 Å². The first-order valence-electron chi connectivity index (χ1n) is 8.53. The third-order valence-electron chi connectivity index (χ3n) is 4.20. The number of anilines is 1. The largest absolute Gasteiger partial charge is 0.507 e. The third-order valence-corrected chi connectivity index (χ3v) is 4.20. The van der Waals surface area contributed by atoms with Crippen molar-refractivity contribution in [3.8, 4) is 0 Å². The number of carbonyl (C=O) groups excluding carboxylic acids is 2. The van der Waals surface area contributed by atoms with E-state index < -0.39 is 5.91 Å². The fraction of sp³-hybridized carbons (Fsp3) is 0.0435. The molecule has 3 aromatic carbocycles. The number of aliphatic hydroxyl groups excluding tert-OH is 1. The Balaban J connectivity index is 1.88. The summed E-state index contributed by atoms with van der Waals surface area (Å²) in [6.07, 6.45) is 0. The lowest BCUT2D eigenvalue weighted by atomic mass is 10.0. The van der Waals surface area contributed by atoms with Crippen LogP contribution in [-0.4, -0.2) is 16.8 Å². The van der Waals surface area contributed by atoms with E-state index in [0.29, 0.717) is 22.4 Å². The number of para-hydroxylation sites is 1. The van der Waals surface area contributed by atoms with E-state index in [4.69, 9.17) is 0 Å². The minimum Gasteiger partial charge on any atom is -0.507 e. The van der Waals surface area contributed by atoms with Gasteiger partial charge in [0.2, 0.25) is 0 Å². The number of hydrogen-bond donors (Lipinski definition) is 2. The number of nitrogens with one attached hydrogen (secondary N) is 1. The summed E-state index contributed by atoms with van der Waals surface area (Å²) in [5.41, 5.74) is 2.06. The second-order valence-electron chi connectivity index (χ2n) is 6.03. The molecule has 134 valence electrons. The first-order chi connectivity index (χ1) is 13.1. The molecule has 2 N–H and O–H groups in total. The van der Waals surface area contributed by atoms with Gasteiger partial charge < -0.3 is 10.4 Å². The number of amides is 1. The molecule has 0 atom stereocenters. The monoisotopic (exact) mass is 357 g/mol. The second-order valence-corrected chi connectivity index (χ2v) is 6.03. The molecule has 4 nitrogen and oxygen atoms in total. The minimum atomic E-state index is -0.468. The van der Waals surface area contributed by atoms with Crippen LogP contribution in [0.15, 0.2) is 90.5 Å². The zero-order valence-electron chi connectivity index (χ0n) is 14.8. The highest BCUT2D eigenvalue weighted by atomic mass is 16.3. The Morgan fingerprint density at radius 2 is 1.26 bits per heavy atom. The van der Waals surface area contributed by atoms with Gasteiger partial charge in [-0.1, -0.05) is 72.8 Å². The summed E-state index contributed by atoms with van der Waals surface area (Å²) < 4.78 is 0. The Kier molecular flexibility index (Phi) is 5.47. The van der Waals surface area contributed by atoms with Crippen LogP contribution in [0.2, 0.25) is 0 Å². The van der Waals surface area contributed by atoms with Crippen LogP contribution in [-0.2, 0) is 4.79 Å². The topological polar surface area (TPSA) is 66.4 Å². The van der Waals surface area contributed by atoms with Crippen LogP contribution >= 0.6 is 0 Å². The standard InChI is InChI=1S/C23H19NO3/c1-16(21(25)17-10-4-2-5-11-17)23(27)24-20-15-9-8-14-19(20)22(26)18-12-6-3-7-13-18/h2-15,25H,1H3,(H,24,27)/b21-16+. The van der Waals surface area contributed by atoms with E-state index in [2.05, 4.69) is 5.32 Å². The number of rotatable bonds is 5. The van der Waals surface area contributed by atoms with E-state index in [9.17, 15) is 14.7 Å². The van der Waals surface area contributed by atoms with E-state index in [1.165, 1.54) is 0 Å². The molecule has 3 rings (SSSR count). The molecule has 27 heavy (non-hydrogen) atoms. The summed E-state index contributed by atoms with van der Waals surface area (Å²) in [6, 6.07) is 24.5. The molecule has 0 fully saturated rings. The lowest BCUT2D eigenvalue weighted by Crippen LogP contribution is -2.17. The maximum atomic E-state index is 12.8. The van der Waals surface area contributed by atoms with Gasteiger partial charge in [0.05, 0.1) is 11.3 Å². The van der Waals surface area contributed by atoms with Crippen molar-refractivity contribution in [2.45, 2.75) is 6.92 Å². The van der Waals surface area contributed by atoms with Gasteiger partial charge >= 0.3 is 0 Å². The van der Waals surface area contributed by atoms with Crippen LogP contribution in [0.4, 0.5) is 5.69 Å². The van der Waals surface area contributed by atoms with Gasteiger partial charge in [0.15, 0.2) is 5.78 Å². The maximum absolute atomic E-state index is 12.8. The molecule has 0 aliphatic rings. The van der Waals surface area contributed by atoms with Crippen molar-refractivity contribution in [1.82, 2.24) is 0 Å². The van der Waals surface area contributed by atoms with Crippen molar-refractivity contribution in [3.05, 3.63) is 107 Å². The Labute approximate surface area is 157 Å². The number of hydrogen-bond acceptors (Lipinski definition) is 3. The molecule has 0 unspecified atom stereocenters. The molecule has 0 aromatic heterocycles. The maximum Gasteiger partial charge on any atom is 0.255 e. The summed E-state index contributed by atoms with van der Waals surface area (Å²) >= 11 is 0. The van der Waals surface area contributed by atoms with E-state index in [1.54, 1.807) is 79.7 Å². The van der Waals surface area contributed by atoms with Crippen molar-refractivity contribution in [1.29, 1.82) is 0 Å². The van der Waals surface area contributed by atoms with Gasteiger partial charge in [0, 0.05) is 16.7 Å². The molecule has 0 spiro atoms. The predicted octanol–water partition coefficient (Wildman–Crippen LogP) is 4.85. The molecule has 0 saturated heterocycles. The summed E-state index contributed by atoms with van der Waals surface area (Å²) in [4.78, 5) is 25.4. The summed E-state index contributed by atoms with van der Waals surface area (Å²) in [5, 5.41) is 13.1. The Morgan fingerprint density at radius 1 is 0.741 bits per heavy atom. The van der Waals surface area contributed by atoms with Crippen molar-refractivity contribution >= 4 is 23.1 Å². The third kappa shape index (κ3) is 4.12. The molecule has 0 bridgehead atoms. The van der Waals surface area contributed by atoms with Gasteiger partial charge in [-0.3, -0.25) is 9.59 Å². The molecule has 3 aromatic rings. The molecule has 0 aliphatic carbocycles. The lowest BCUT2D eigenvalue weighted by Gasteiger charge is -2.12. The highest BCUT2D eigenvalue weighted by Crippen LogP contribution is 2.22. The number of ketones is 1. The van der Waals surface area contributed by atoms with Crippen molar-refractivity contribution in [3.63, 3.8) is 0 Å². The van der Waals surface area contributed by atoms with Crippen molar-refractivity contribution in [2.24, 2.45) is 0 Å². The summed E-state index contributed by atoms with van der Waals surface area (Å²) in [7, 11) is 0. The smallest absolute Gasteiger partial charge is 0.255 e. The zero-order chi connectivity index (χ0) is 19.2. The van der Waals surface area contributed by atoms with E-state index in [1.807, 2.05) is 12.1 Å². The van der Waals surface area contributed by atoms with E-state index in [0.717, 1.165) is 0 Å². The highest BCUT2D eigenvalue weighted by molar-refractivity contribution is 6.15. The molecule has 4 heteroatoms. The van der Waals surface area contributed by atoms with E-state index in [-0.39, 0.29) is 17.1 Å². The number of benzene rings is 3. The molecular weight excluding hydrogens is 338 g/mol. The average Bonchev–Trinajstić information content (AvgIpc) is 2.73. The van der Waals surface area contributed by atoms with Gasteiger partial charge in [0.1, 0.15) is 5.76 Å². The summed E-state index contributed by atoms with van der Waals surface area (Å²) in [6.45, 7) is 1.54. The van der Waals surface area contributed by atoms with E-state index >= 15 is 0 Å². The fourth-order valence-corrected chi connectivity index (χ4v) is 2.67. The minimum absolute atomic E-state index is 0.0973. The highest BCUT2D eigenvalue weighted by Gasteiger charge is 2.17. The number of carbonyl (C=O) groups is 2. The molecule has 1 amide bonds. The van der Waals surface area contributed by atoms with Crippen LogP contribution in [0.3, 0.4) is 0 Å². The molecule has 0 aliphatic heterocycles. The fourth-order valence-electron chi connectivity index (χ4n) is 2.67. The van der Waals surface area contributed by atoms with Crippen LogP contribution < -0.4 is 5.32 Å². The SMILES string of the molecule is C/C(C(=O)Nc1ccccc1C(=O)c1ccccc1)=C(\O)c1ccccc1. The average molecular weight is 357 g/mol. The molecule has 0 heterocycles. The van der Waals surface area contributed by atoms with Gasteiger partial charge in [-0.05, 0) is 19.1 Å². The normalized spacial score (nSPS) is 11.4. The van der Waals surface area contributed by atoms with Crippen LogP contribution in [0.5, 0.6) is 0 Å². The summed E-state index contributed by atoms with van der Waals surface area (Å²) in [5.74, 6) is -0.745. The first-order valence-corrected chi connectivity index (χ1v) is 8.53. The van der Waals surface area contributed by atoms with Gasteiger partial charge in [-0.25, -0.2) is 0 Å². The molecule has 0 radical (unpaired) electrons. The second kappa shape index (κ2) is 8.15. The first kappa shape index (κ1) is 18.1. The number of aliphatic hydroxyl groups is 1. The zero-order valence-corrected chi connectivity index (χ0v) is 14.8. The Hall–Kier alpha value is -3.66.